The third-order valence-corrected chi connectivity index (χ3v) is 5.39. The van der Waals surface area contributed by atoms with Gasteiger partial charge in [-0.15, -0.1) is 0 Å². The first-order valence-electron chi connectivity index (χ1n) is 9.36. The Kier molecular flexibility index (Phi) is 6.08. The molecule has 1 aromatic rings. The van der Waals surface area contributed by atoms with E-state index in [1.807, 2.05) is 24.3 Å². The third kappa shape index (κ3) is 5.05. The molecule has 0 radical (unpaired) electrons. The quantitative estimate of drug-likeness (QED) is 0.818. The van der Waals surface area contributed by atoms with E-state index in [2.05, 4.69) is 5.32 Å². The number of hydrogen-bond donors (Lipinski definition) is 2. The molecule has 2 aliphatic rings. The van der Waals surface area contributed by atoms with E-state index in [-0.39, 0.29) is 17.7 Å². The number of rotatable bonds is 6. The van der Waals surface area contributed by atoms with Crippen molar-refractivity contribution in [3.8, 4) is 0 Å². The zero-order valence-electron chi connectivity index (χ0n) is 14.6. The van der Waals surface area contributed by atoms with Gasteiger partial charge in [0.05, 0.1) is 18.6 Å². The Balaban J connectivity index is 1.51. The second kappa shape index (κ2) is 8.48. The van der Waals surface area contributed by atoms with E-state index in [0.717, 1.165) is 24.1 Å². The van der Waals surface area contributed by atoms with Gasteiger partial charge in [-0.1, -0.05) is 31.4 Å². The third-order valence-electron chi connectivity index (χ3n) is 5.39. The van der Waals surface area contributed by atoms with Gasteiger partial charge < -0.3 is 15.2 Å². The Morgan fingerprint density at radius 3 is 2.56 bits per heavy atom. The van der Waals surface area contributed by atoms with Crippen LogP contribution in [0, 0.1) is 11.8 Å². The molecule has 2 saturated carbocycles. The van der Waals surface area contributed by atoms with E-state index in [0.29, 0.717) is 32.0 Å². The molecule has 0 heterocycles. The van der Waals surface area contributed by atoms with Crippen LogP contribution in [0.15, 0.2) is 24.3 Å². The lowest BCUT2D eigenvalue weighted by Crippen LogP contribution is -2.21. The van der Waals surface area contributed by atoms with Crippen LogP contribution in [-0.4, -0.2) is 23.1 Å². The molecular weight excluding hydrogens is 318 g/mol. The average Bonchev–Trinajstić information content (AvgIpc) is 3.12. The molecule has 0 unspecified atom stereocenters. The lowest BCUT2D eigenvalue weighted by Gasteiger charge is -2.22. The second-order valence-corrected chi connectivity index (χ2v) is 7.31. The van der Waals surface area contributed by atoms with E-state index in [9.17, 15) is 9.59 Å². The number of amides is 1. The summed E-state index contributed by atoms with van der Waals surface area (Å²) < 4.78 is 5.99. The van der Waals surface area contributed by atoms with Gasteiger partial charge in [0.15, 0.2) is 0 Å². The minimum atomic E-state index is -0.794. The predicted molar refractivity (Wildman–Crippen MR) is 95.2 cm³/mol. The van der Waals surface area contributed by atoms with Crippen LogP contribution in [0.3, 0.4) is 0 Å². The maximum Gasteiger partial charge on any atom is 0.306 e. The largest absolute Gasteiger partial charge is 0.481 e. The number of carboxylic acid groups (broad SMARTS) is 1. The number of benzene rings is 1. The number of carboxylic acids is 1. The molecule has 3 rings (SSSR count). The van der Waals surface area contributed by atoms with Gasteiger partial charge in [-0.2, -0.15) is 0 Å². The molecule has 0 spiro atoms. The van der Waals surface area contributed by atoms with Gasteiger partial charge >= 0.3 is 5.97 Å². The molecule has 1 amide bonds. The second-order valence-electron chi connectivity index (χ2n) is 7.31. The summed E-state index contributed by atoms with van der Waals surface area (Å²) in [6, 6.07) is 7.74. The summed E-state index contributed by atoms with van der Waals surface area (Å²) in [7, 11) is 0. The maximum atomic E-state index is 12.4. The van der Waals surface area contributed by atoms with E-state index in [1.165, 1.54) is 19.3 Å². The summed E-state index contributed by atoms with van der Waals surface area (Å²) in [5.74, 6) is -1.46. The molecule has 2 N–H and O–H groups in total. The molecule has 136 valence electrons. The minimum absolute atomic E-state index is 0.0749. The summed E-state index contributed by atoms with van der Waals surface area (Å²) in [5.41, 5.74) is 1.81. The number of hydrogen-bond acceptors (Lipinski definition) is 3. The normalized spacial score (nSPS) is 24.2. The van der Waals surface area contributed by atoms with E-state index >= 15 is 0 Å². The summed E-state index contributed by atoms with van der Waals surface area (Å²) >= 11 is 0. The Hall–Kier alpha value is -1.88. The predicted octanol–water partition coefficient (Wildman–Crippen LogP) is 3.98. The van der Waals surface area contributed by atoms with Crippen molar-refractivity contribution in [2.45, 2.75) is 64.1 Å². The van der Waals surface area contributed by atoms with Crippen LogP contribution in [-0.2, 0) is 20.9 Å². The van der Waals surface area contributed by atoms with E-state index in [1.54, 1.807) is 0 Å². The van der Waals surface area contributed by atoms with Gasteiger partial charge in [-0.25, -0.2) is 0 Å². The fourth-order valence-electron chi connectivity index (χ4n) is 3.87. The number of nitrogens with one attached hydrogen (secondary N) is 1. The van der Waals surface area contributed by atoms with Crippen LogP contribution in [0.1, 0.15) is 56.9 Å². The van der Waals surface area contributed by atoms with Crippen LogP contribution in [0.5, 0.6) is 0 Å². The lowest BCUT2D eigenvalue weighted by atomic mass is 9.98. The molecule has 0 saturated heterocycles. The summed E-state index contributed by atoms with van der Waals surface area (Å²) in [4.78, 5) is 23.4. The number of aliphatic carboxylic acids is 1. The smallest absolute Gasteiger partial charge is 0.306 e. The average molecular weight is 345 g/mol. The molecule has 0 bridgehead atoms. The molecule has 5 heteroatoms. The molecule has 0 aliphatic heterocycles. The van der Waals surface area contributed by atoms with E-state index in [4.69, 9.17) is 9.84 Å². The van der Waals surface area contributed by atoms with Crippen molar-refractivity contribution in [3.05, 3.63) is 29.8 Å². The zero-order valence-corrected chi connectivity index (χ0v) is 14.6. The van der Waals surface area contributed by atoms with Gasteiger partial charge in [0.2, 0.25) is 5.91 Å². The SMILES string of the molecule is O=C(O)[C@@H]1CC[C@H](C(=O)Nc2cccc(COC3CCCCC3)c2)C1. The van der Waals surface area contributed by atoms with Crippen molar-refractivity contribution in [1.82, 2.24) is 0 Å². The van der Waals surface area contributed by atoms with Crippen molar-refractivity contribution in [1.29, 1.82) is 0 Å². The molecule has 2 fully saturated rings. The highest BCUT2D eigenvalue weighted by molar-refractivity contribution is 5.93. The monoisotopic (exact) mass is 345 g/mol. The zero-order chi connectivity index (χ0) is 17.6. The van der Waals surface area contributed by atoms with Crippen LogP contribution >= 0.6 is 0 Å². The Morgan fingerprint density at radius 2 is 1.84 bits per heavy atom. The highest BCUT2D eigenvalue weighted by atomic mass is 16.5. The lowest BCUT2D eigenvalue weighted by molar-refractivity contribution is -0.141. The van der Waals surface area contributed by atoms with Crippen molar-refractivity contribution >= 4 is 17.6 Å². The highest BCUT2D eigenvalue weighted by Gasteiger charge is 2.33. The van der Waals surface area contributed by atoms with Gasteiger partial charge in [0.1, 0.15) is 0 Å². The van der Waals surface area contributed by atoms with Crippen LogP contribution < -0.4 is 5.32 Å². The number of ether oxygens (including phenoxy) is 1. The number of carbonyl (C=O) groups excluding carboxylic acids is 1. The van der Waals surface area contributed by atoms with Crippen LogP contribution in [0.4, 0.5) is 5.69 Å². The molecule has 5 nitrogen and oxygen atoms in total. The summed E-state index contributed by atoms with van der Waals surface area (Å²) in [6.07, 6.45) is 8.12. The standard InChI is InChI=1S/C20H27NO4/c22-19(15-9-10-16(12-15)20(23)24)21-17-6-4-5-14(11-17)13-25-18-7-2-1-3-8-18/h4-6,11,15-16,18H,1-3,7-10,12-13H2,(H,21,22)(H,23,24)/t15-,16+/m0/s1. The summed E-state index contributed by atoms with van der Waals surface area (Å²) in [6.45, 7) is 0.568. The van der Waals surface area contributed by atoms with Crippen molar-refractivity contribution < 1.29 is 19.4 Å². The van der Waals surface area contributed by atoms with Gasteiger partial charge in [0.25, 0.3) is 0 Å². The molecule has 2 aliphatic carbocycles. The highest BCUT2D eigenvalue weighted by Crippen LogP contribution is 2.32. The topological polar surface area (TPSA) is 75.6 Å². The minimum Gasteiger partial charge on any atom is -0.481 e. The van der Waals surface area contributed by atoms with Crippen LogP contribution in [0.25, 0.3) is 0 Å². The van der Waals surface area contributed by atoms with Crippen molar-refractivity contribution in [2.24, 2.45) is 11.8 Å². The Labute approximate surface area is 148 Å². The van der Waals surface area contributed by atoms with Crippen molar-refractivity contribution in [2.75, 3.05) is 5.32 Å². The number of anilines is 1. The van der Waals surface area contributed by atoms with Crippen molar-refractivity contribution in [3.63, 3.8) is 0 Å². The van der Waals surface area contributed by atoms with Crippen LogP contribution in [0.2, 0.25) is 0 Å². The molecule has 2 atom stereocenters. The Bertz CT molecular complexity index is 609. The molecule has 25 heavy (non-hydrogen) atoms. The maximum absolute atomic E-state index is 12.4. The fraction of sp³-hybridized carbons (Fsp3) is 0.600. The fourth-order valence-corrected chi connectivity index (χ4v) is 3.87. The summed E-state index contributed by atoms with van der Waals surface area (Å²) in [5, 5.41) is 12.0. The molecule has 0 aromatic heterocycles. The first kappa shape index (κ1) is 17.9. The molecular formula is C20H27NO4. The number of carbonyl (C=O) groups is 2. The first-order chi connectivity index (χ1) is 12.1. The molecule has 1 aromatic carbocycles. The first-order valence-corrected chi connectivity index (χ1v) is 9.36. The van der Waals surface area contributed by atoms with Gasteiger partial charge in [-0.3, -0.25) is 9.59 Å². The Morgan fingerprint density at radius 1 is 1.08 bits per heavy atom. The van der Waals surface area contributed by atoms with Gasteiger partial charge in [-0.05, 0) is 49.8 Å². The van der Waals surface area contributed by atoms with E-state index < -0.39 is 5.97 Å². The van der Waals surface area contributed by atoms with Gasteiger partial charge in [0, 0.05) is 11.6 Å².